The molecule has 3 radical (unpaired) electrons. The van der Waals surface area contributed by atoms with Crippen molar-refractivity contribution in [3.63, 3.8) is 0 Å². The summed E-state index contributed by atoms with van der Waals surface area (Å²) in [5.74, 6) is 0. The van der Waals surface area contributed by atoms with Crippen LogP contribution in [0.15, 0.2) is 0 Å². The minimum atomic E-state index is 0. The molecule has 0 aliphatic carbocycles. The Bertz CT molecular complexity index is 22.4. The molecular weight excluding hydrogens is 250 g/mol. The topological polar surface area (TPSA) is 0 Å². The largest absolute Gasteiger partial charge is 0.147 e. The Morgan fingerprint density at radius 2 is 1.62 bits per heavy atom. The zero-order valence-electron chi connectivity index (χ0n) is 5.14. The SMILES string of the molecule is CCCC[CH2][Sn].Cl.Cl. The summed E-state index contributed by atoms with van der Waals surface area (Å²) in [6, 6.07) is 0. The van der Waals surface area contributed by atoms with Crippen LogP contribution in [-0.2, 0) is 0 Å². The van der Waals surface area contributed by atoms with Gasteiger partial charge < -0.3 is 0 Å². The molecule has 0 atom stereocenters. The van der Waals surface area contributed by atoms with Gasteiger partial charge in [0.25, 0.3) is 0 Å². The third kappa shape index (κ3) is 15.7. The molecule has 0 N–H and O–H groups in total. The van der Waals surface area contributed by atoms with Gasteiger partial charge in [0, 0.05) is 0 Å². The fourth-order valence-electron chi connectivity index (χ4n) is 0.375. The van der Waals surface area contributed by atoms with E-state index in [0.717, 1.165) is 0 Å². The molecule has 3 heteroatoms. The maximum absolute atomic E-state index is 2.24. The summed E-state index contributed by atoms with van der Waals surface area (Å²) < 4.78 is 1.44. The Balaban J connectivity index is -0.000000125. The quantitative estimate of drug-likeness (QED) is 0.542. The van der Waals surface area contributed by atoms with Gasteiger partial charge in [-0.1, -0.05) is 0 Å². The molecule has 0 aromatic rings. The predicted molar refractivity (Wildman–Crippen MR) is 44.6 cm³/mol. The van der Waals surface area contributed by atoms with Crippen molar-refractivity contribution in [2.75, 3.05) is 0 Å². The van der Waals surface area contributed by atoms with Gasteiger partial charge in [0.1, 0.15) is 0 Å². The Hall–Kier alpha value is 1.38. The van der Waals surface area contributed by atoms with Crippen molar-refractivity contribution in [2.45, 2.75) is 30.6 Å². The van der Waals surface area contributed by atoms with E-state index in [1.807, 2.05) is 0 Å². The zero-order chi connectivity index (χ0) is 4.83. The molecule has 0 unspecified atom stereocenters. The number of hydrogen-bond donors (Lipinski definition) is 0. The van der Waals surface area contributed by atoms with Crippen LogP contribution in [0.4, 0.5) is 0 Å². The van der Waals surface area contributed by atoms with Gasteiger partial charge in [0.05, 0.1) is 0 Å². The molecule has 0 heterocycles. The number of halogens is 2. The second kappa shape index (κ2) is 15.8. The van der Waals surface area contributed by atoms with Gasteiger partial charge in [0.2, 0.25) is 0 Å². The van der Waals surface area contributed by atoms with Crippen LogP contribution in [0.1, 0.15) is 26.2 Å². The monoisotopic (exact) mass is 263 g/mol. The van der Waals surface area contributed by atoms with Crippen LogP contribution >= 0.6 is 24.8 Å². The van der Waals surface area contributed by atoms with E-state index in [2.05, 4.69) is 6.92 Å². The van der Waals surface area contributed by atoms with Gasteiger partial charge in [-0.05, 0) is 0 Å². The molecule has 8 heavy (non-hydrogen) atoms. The first-order chi connectivity index (χ1) is 2.91. The van der Waals surface area contributed by atoms with E-state index in [0.29, 0.717) is 0 Å². The molecule has 0 saturated heterocycles. The van der Waals surface area contributed by atoms with Gasteiger partial charge >= 0.3 is 53.1 Å². The molecule has 51 valence electrons. The van der Waals surface area contributed by atoms with Crippen LogP contribution in [0.25, 0.3) is 0 Å². The van der Waals surface area contributed by atoms with E-state index in [1.165, 1.54) is 23.7 Å². The van der Waals surface area contributed by atoms with Crippen molar-refractivity contribution in [2.24, 2.45) is 0 Å². The van der Waals surface area contributed by atoms with Crippen LogP contribution in [-0.4, -0.2) is 22.5 Å². The average molecular weight is 263 g/mol. The molecule has 0 fully saturated rings. The third-order valence-corrected chi connectivity index (χ3v) is 1.79. The average Bonchev–Trinajstić information content (AvgIpc) is 1.61. The maximum Gasteiger partial charge on any atom is -0.147 e. The number of rotatable bonds is 3. The Kier molecular flexibility index (Phi) is 31.9. The maximum atomic E-state index is 2.24. The normalized spacial score (nSPS) is 6.75. The Morgan fingerprint density at radius 1 is 1.12 bits per heavy atom. The van der Waals surface area contributed by atoms with Gasteiger partial charge in [-0.2, -0.15) is 0 Å². The van der Waals surface area contributed by atoms with Gasteiger partial charge in [-0.15, -0.1) is 24.8 Å². The minimum Gasteiger partial charge on any atom is -0.147 e. The van der Waals surface area contributed by atoms with Crippen molar-refractivity contribution in [1.29, 1.82) is 0 Å². The van der Waals surface area contributed by atoms with E-state index >= 15 is 0 Å². The van der Waals surface area contributed by atoms with E-state index < -0.39 is 0 Å². The number of unbranched alkanes of at least 4 members (excludes halogenated alkanes) is 2. The van der Waals surface area contributed by atoms with E-state index in [1.54, 1.807) is 22.5 Å². The molecule has 0 aromatic heterocycles. The summed E-state index contributed by atoms with van der Waals surface area (Å²) in [5, 5.41) is 0. The summed E-state index contributed by atoms with van der Waals surface area (Å²) >= 11 is 1.69. The fourth-order valence-corrected chi connectivity index (χ4v) is 1.09. The second-order valence-electron chi connectivity index (χ2n) is 1.46. The smallest absolute Gasteiger partial charge is 0.147 e. The third-order valence-electron chi connectivity index (χ3n) is 0.780. The van der Waals surface area contributed by atoms with Crippen LogP contribution < -0.4 is 0 Å². The van der Waals surface area contributed by atoms with E-state index in [-0.39, 0.29) is 24.8 Å². The van der Waals surface area contributed by atoms with Crippen LogP contribution in [0, 0.1) is 0 Å². The van der Waals surface area contributed by atoms with Crippen molar-refractivity contribution in [3.8, 4) is 0 Å². The van der Waals surface area contributed by atoms with Crippen molar-refractivity contribution in [3.05, 3.63) is 0 Å². The first-order valence-electron chi connectivity index (χ1n) is 2.56. The van der Waals surface area contributed by atoms with E-state index in [9.17, 15) is 0 Å². The fraction of sp³-hybridized carbons (Fsp3) is 1.00. The van der Waals surface area contributed by atoms with Crippen molar-refractivity contribution in [1.82, 2.24) is 0 Å². The summed E-state index contributed by atoms with van der Waals surface area (Å²) in [6.07, 6.45) is 4.26. The molecule has 0 aromatic carbocycles. The van der Waals surface area contributed by atoms with Gasteiger partial charge in [0.15, 0.2) is 0 Å². The van der Waals surface area contributed by atoms with Crippen LogP contribution in [0.5, 0.6) is 0 Å². The predicted octanol–water partition coefficient (Wildman–Crippen LogP) is 2.61. The molecule has 0 spiro atoms. The van der Waals surface area contributed by atoms with Crippen LogP contribution in [0.3, 0.4) is 0 Å². The summed E-state index contributed by atoms with van der Waals surface area (Å²) in [4.78, 5) is 0. The molecule has 0 amide bonds. The summed E-state index contributed by atoms with van der Waals surface area (Å²) in [7, 11) is 0. The molecule has 0 aliphatic heterocycles. The standard InChI is InChI=1S/C5H11.2ClH.Sn/c1-3-5-4-2;;;/h1,3-5H2,2H3;2*1H;. The molecule has 0 saturated carbocycles. The second-order valence-corrected chi connectivity index (χ2v) is 2.88. The van der Waals surface area contributed by atoms with Crippen LogP contribution in [0.2, 0.25) is 4.44 Å². The Labute approximate surface area is 77.7 Å². The number of hydrogen-bond acceptors (Lipinski definition) is 0. The Morgan fingerprint density at radius 3 is 1.75 bits per heavy atom. The molecule has 0 nitrogen and oxygen atoms in total. The molecule has 0 aliphatic rings. The summed E-state index contributed by atoms with van der Waals surface area (Å²) in [6.45, 7) is 2.24. The first-order valence-corrected chi connectivity index (χ1v) is 4.58. The first kappa shape index (κ1) is 16.2. The molecular formula is C5H13Cl2Sn. The van der Waals surface area contributed by atoms with Crippen molar-refractivity contribution < 1.29 is 0 Å². The van der Waals surface area contributed by atoms with Gasteiger partial charge in [-0.25, -0.2) is 0 Å². The summed E-state index contributed by atoms with van der Waals surface area (Å²) in [5.41, 5.74) is 0. The van der Waals surface area contributed by atoms with Gasteiger partial charge in [-0.3, -0.25) is 0 Å². The zero-order valence-corrected chi connectivity index (χ0v) is 9.63. The minimum absolute atomic E-state index is 0. The van der Waals surface area contributed by atoms with E-state index in [4.69, 9.17) is 0 Å². The van der Waals surface area contributed by atoms with Crippen molar-refractivity contribution >= 4 is 47.3 Å². The molecule has 0 bridgehead atoms. The molecule has 0 rings (SSSR count).